The molecule has 0 spiro atoms. The van der Waals surface area contributed by atoms with Crippen molar-refractivity contribution in [3.63, 3.8) is 0 Å². The van der Waals surface area contributed by atoms with Gasteiger partial charge in [-0.05, 0) is 29.1 Å². The maximum absolute atomic E-state index is 13.2. The molecular formula is C20H21N3O4S. The summed E-state index contributed by atoms with van der Waals surface area (Å²) < 4.78 is 16.0. The fourth-order valence-corrected chi connectivity index (χ4v) is 4.26. The number of nitrogens with zero attached hydrogens (tertiary/aromatic N) is 2. The molecule has 1 amide bonds. The van der Waals surface area contributed by atoms with Gasteiger partial charge in [-0.25, -0.2) is 0 Å². The molecule has 8 heteroatoms. The Bertz CT molecular complexity index is 949. The smallest absolute Gasteiger partial charge is 0.275 e. The predicted octanol–water partition coefficient (Wildman–Crippen LogP) is 3.31. The van der Waals surface area contributed by atoms with E-state index in [1.54, 1.807) is 37.6 Å². The van der Waals surface area contributed by atoms with Crippen molar-refractivity contribution in [1.82, 2.24) is 15.1 Å². The number of fused-ring (bicyclic) bond motifs is 1. The number of ether oxygens (including phenoxy) is 3. The summed E-state index contributed by atoms with van der Waals surface area (Å²) in [6.07, 6.45) is -0.525. The van der Waals surface area contributed by atoms with Gasteiger partial charge in [0, 0.05) is 19.8 Å². The highest BCUT2D eigenvalue weighted by atomic mass is 32.1. The Morgan fingerprint density at radius 1 is 1.18 bits per heavy atom. The molecule has 28 heavy (non-hydrogen) atoms. The summed E-state index contributed by atoms with van der Waals surface area (Å²) in [5.41, 5.74) is 3.16. The summed E-state index contributed by atoms with van der Waals surface area (Å²) in [5.74, 6) is 0.617. The van der Waals surface area contributed by atoms with E-state index in [-0.39, 0.29) is 11.9 Å². The van der Waals surface area contributed by atoms with E-state index in [9.17, 15) is 4.79 Å². The van der Waals surface area contributed by atoms with Crippen LogP contribution >= 0.6 is 11.3 Å². The van der Waals surface area contributed by atoms with Gasteiger partial charge in [-0.3, -0.25) is 9.89 Å². The van der Waals surface area contributed by atoms with E-state index in [0.717, 1.165) is 27.4 Å². The van der Waals surface area contributed by atoms with Gasteiger partial charge in [0.05, 0.1) is 30.3 Å². The second kappa shape index (κ2) is 7.75. The SMILES string of the molecule is COc1ccc(C2c3c(n[nH]c3-c3cccs3)C(=O)N2CC(OC)OC)cc1. The minimum Gasteiger partial charge on any atom is -0.497 e. The maximum Gasteiger partial charge on any atom is 0.275 e. The first kappa shape index (κ1) is 18.7. The van der Waals surface area contributed by atoms with E-state index >= 15 is 0 Å². The molecule has 146 valence electrons. The Labute approximate surface area is 166 Å². The number of benzene rings is 1. The van der Waals surface area contributed by atoms with Crippen molar-refractivity contribution < 1.29 is 19.0 Å². The highest BCUT2D eigenvalue weighted by molar-refractivity contribution is 7.13. The van der Waals surface area contributed by atoms with Crippen molar-refractivity contribution in [3.8, 4) is 16.3 Å². The van der Waals surface area contributed by atoms with Gasteiger partial charge in [-0.1, -0.05) is 18.2 Å². The minimum absolute atomic E-state index is 0.144. The van der Waals surface area contributed by atoms with Crippen molar-refractivity contribution in [2.24, 2.45) is 0 Å². The summed E-state index contributed by atoms with van der Waals surface area (Å²) in [6.45, 7) is 0.294. The van der Waals surface area contributed by atoms with E-state index in [0.29, 0.717) is 12.2 Å². The summed E-state index contributed by atoms with van der Waals surface area (Å²) in [6, 6.07) is 11.4. The van der Waals surface area contributed by atoms with Crippen LogP contribution in [0.5, 0.6) is 5.75 Å². The summed E-state index contributed by atoms with van der Waals surface area (Å²) in [7, 11) is 4.76. The van der Waals surface area contributed by atoms with Crippen molar-refractivity contribution >= 4 is 17.2 Å². The van der Waals surface area contributed by atoms with Crippen LogP contribution in [0, 0.1) is 0 Å². The molecular weight excluding hydrogens is 378 g/mol. The largest absolute Gasteiger partial charge is 0.497 e. The molecule has 3 heterocycles. The van der Waals surface area contributed by atoms with Gasteiger partial charge in [0.2, 0.25) is 0 Å². The first-order valence-corrected chi connectivity index (χ1v) is 9.68. The fourth-order valence-electron chi connectivity index (χ4n) is 3.52. The number of nitrogens with one attached hydrogen (secondary N) is 1. The molecule has 0 bridgehead atoms. The number of carbonyl (C=O) groups excluding carboxylic acids is 1. The number of methoxy groups -OCH3 is 3. The molecule has 1 aliphatic heterocycles. The molecule has 0 saturated heterocycles. The predicted molar refractivity (Wildman–Crippen MR) is 106 cm³/mol. The topological polar surface area (TPSA) is 76.7 Å². The van der Waals surface area contributed by atoms with Crippen LogP contribution in [0.15, 0.2) is 41.8 Å². The number of aromatic nitrogens is 2. The molecule has 1 unspecified atom stereocenters. The Morgan fingerprint density at radius 3 is 2.54 bits per heavy atom. The number of thiophene rings is 1. The van der Waals surface area contributed by atoms with Crippen LogP contribution in [-0.2, 0) is 9.47 Å². The van der Waals surface area contributed by atoms with Crippen molar-refractivity contribution in [3.05, 3.63) is 58.6 Å². The van der Waals surface area contributed by atoms with Crippen LogP contribution in [0.1, 0.15) is 27.7 Å². The number of H-pyrrole nitrogens is 1. The highest BCUT2D eigenvalue weighted by Gasteiger charge is 2.43. The fraction of sp³-hybridized carbons (Fsp3) is 0.300. The van der Waals surface area contributed by atoms with Crippen LogP contribution in [0.2, 0.25) is 0 Å². The minimum atomic E-state index is -0.525. The lowest BCUT2D eigenvalue weighted by Crippen LogP contribution is -2.38. The van der Waals surface area contributed by atoms with Crippen LogP contribution in [0.25, 0.3) is 10.6 Å². The van der Waals surface area contributed by atoms with Crippen LogP contribution in [0.4, 0.5) is 0 Å². The maximum atomic E-state index is 13.2. The monoisotopic (exact) mass is 399 g/mol. The zero-order valence-electron chi connectivity index (χ0n) is 15.8. The number of amides is 1. The van der Waals surface area contributed by atoms with Gasteiger partial charge in [0.15, 0.2) is 12.0 Å². The molecule has 2 aromatic heterocycles. The average Bonchev–Trinajstić information content (AvgIpc) is 3.45. The number of hydrogen-bond donors (Lipinski definition) is 1. The Morgan fingerprint density at radius 2 is 1.93 bits per heavy atom. The van der Waals surface area contributed by atoms with Gasteiger partial charge >= 0.3 is 0 Å². The van der Waals surface area contributed by atoms with Crippen molar-refractivity contribution in [1.29, 1.82) is 0 Å². The summed E-state index contributed by atoms with van der Waals surface area (Å²) >= 11 is 1.60. The Hall–Kier alpha value is -2.68. The first-order valence-electron chi connectivity index (χ1n) is 8.80. The molecule has 3 aromatic rings. The zero-order chi connectivity index (χ0) is 19.7. The van der Waals surface area contributed by atoms with Gasteiger partial charge in [0.25, 0.3) is 5.91 Å². The number of hydrogen-bond acceptors (Lipinski definition) is 6. The normalized spacial score (nSPS) is 16.1. The van der Waals surface area contributed by atoms with E-state index in [1.165, 1.54) is 0 Å². The number of carbonyl (C=O) groups is 1. The lowest BCUT2D eigenvalue weighted by molar-refractivity contribution is -0.113. The van der Waals surface area contributed by atoms with Gasteiger partial charge in [-0.15, -0.1) is 11.3 Å². The van der Waals surface area contributed by atoms with Gasteiger partial charge in [0.1, 0.15) is 5.75 Å². The van der Waals surface area contributed by atoms with Crippen molar-refractivity contribution in [2.75, 3.05) is 27.9 Å². The van der Waals surface area contributed by atoms with Crippen LogP contribution in [0.3, 0.4) is 0 Å². The second-order valence-electron chi connectivity index (χ2n) is 6.37. The van der Waals surface area contributed by atoms with E-state index in [1.807, 2.05) is 41.8 Å². The quantitative estimate of drug-likeness (QED) is 0.617. The second-order valence-corrected chi connectivity index (χ2v) is 7.32. The third-order valence-corrected chi connectivity index (χ3v) is 5.81. The Balaban J connectivity index is 1.82. The van der Waals surface area contributed by atoms with Gasteiger partial charge in [-0.2, -0.15) is 5.10 Å². The molecule has 4 rings (SSSR count). The molecule has 1 aromatic carbocycles. The molecule has 7 nitrogen and oxygen atoms in total. The van der Waals surface area contributed by atoms with Crippen LogP contribution < -0.4 is 4.74 Å². The molecule has 1 N–H and O–H groups in total. The average molecular weight is 399 g/mol. The molecule has 1 atom stereocenters. The molecule has 0 saturated carbocycles. The van der Waals surface area contributed by atoms with Gasteiger partial charge < -0.3 is 19.1 Å². The molecule has 1 aliphatic rings. The van der Waals surface area contributed by atoms with E-state index < -0.39 is 6.29 Å². The number of rotatable bonds is 7. The zero-order valence-corrected chi connectivity index (χ0v) is 16.7. The summed E-state index contributed by atoms with van der Waals surface area (Å²) in [5, 5.41) is 9.40. The standard InChI is InChI=1S/C20H21N3O4S/c1-25-13-8-6-12(7-9-13)19-16-17(14-5-4-10-28-14)21-22-18(16)20(24)23(19)11-15(26-2)27-3/h4-10,15,19H,11H2,1-3H3,(H,21,22). The lowest BCUT2D eigenvalue weighted by Gasteiger charge is -2.29. The Kier molecular flexibility index (Phi) is 5.17. The van der Waals surface area contributed by atoms with Crippen molar-refractivity contribution in [2.45, 2.75) is 12.3 Å². The first-order chi connectivity index (χ1) is 13.7. The van der Waals surface area contributed by atoms with E-state index in [4.69, 9.17) is 14.2 Å². The summed E-state index contributed by atoms with van der Waals surface area (Å²) in [4.78, 5) is 16.0. The lowest BCUT2D eigenvalue weighted by atomic mass is 9.98. The molecule has 0 radical (unpaired) electrons. The molecule has 0 fully saturated rings. The third kappa shape index (κ3) is 3.09. The van der Waals surface area contributed by atoms with Crippen LogP contribution in [-0.4, -0.2) is 55.2 Å². The third-order valence-electron chi connectivity index (χ3n) is 4.92. The van der Waals surface area contributed by atoms with E-state index in [2.05, 4.69) is 10.2 Å². The highest BCUT2D eigenvalue weighted by Crippen LogP contribution is 2.44. The molecule has 0 aliphatic carbocycles. The number of aromatic amines is 1.